The van der Waals surface area contributed by atoms with Crippen LogP contribution >= 0.6 is 0 Å². The lowest BCUT2D eigenvalue weighted by Crippen LogP contribution is -2.30. The lowest BCUT2D eigenvalue weighted by Gasteiger charge is -2.28. The molecule has 1 aromatic heterocycles. The molecule has 0 aromatic carbocycles. The molecule has 0 radical (unpaired) electrons. The van der Waals surface area contributed by atoms with E-state index in [0.29, 0.717) is 17.4 Å². The molecule has 2 atom stereocenters. The van der Waals surface area contributed by atoms with E-state index in [-0.39, 0.29) is 12.2 Å². The topological polar surface area (TPSA) is 91.5 Å². The number of hydrogen-bond acceptors (Lipinski definition) is 7. The first-order chi connectivity index (χ1) is 9.28. The predicted molar refractivity (Wildman–Crippen MR) is 70.1 cm³/mol. The van der Waals surface area contributed by atoms with E-state index in [2.05, 4.69) is 15.4 Å². The third kappa shape index (κ3) is 3.24. The van der Waals surface area contributed by atoms with E-state index in [1.807, 2.05) is 0 Å². The van der Waals surface area contributed by atoms with Crippen molar-refractivity contribution in [3.05, 3.63) is 6.33 Å². The SMILES string of the molecule is COc1c(NN)ncnc1OC1CCCC(OC)C1. The first-order valence-electron chi connectivity index (χ1n) is 6.33. The smallest absolute Gasteiger partial charge is 0.262 e. The fraction of sp³-hybridized carbons (Fsp3) is 0.667. The second-order valence-electron chi connectivity index (χ2n) is 4.47. The van der Waals surface area contributed by atoms with E-state index in [4.69, 9.17) is 20.1 Å². The van der Waals surface area contributed by atoms with Gasteiger partial charge in [0.1, 0.15) is 12.4 Å². The molecule has 3 N–H and O–H groups in total. The van der Waals surface area contributed by atoms with Crippen LogP contribution in [-0.4, -0.2) is 36.4 Å². The molecule has 1 heterocycles. The van der Waals surface area contributed by atoms with Crippen LogP contribution in [0.1, 0.15) is 25.7 Å². The Labute approximate surface area is 112 Å². The quantitative estimate of drug-likeness (QED) is 0.610. The summed E-state index contributed by atoms with van der Waals surface area (Å²) in [5.41, 5.74) is 2.46. The van der Waals surface area contributed by atoms with Crippen LogP contribution in [0.4, 0.5) is 5.82 Å². The maximum absolute atomic E-state index is 5.90. The van der Waals surface area contributed by atoms with Gasteiger partial charge in [-0.15, -0.1) is 0 Å². The van der Waals surface area contributed by atoms with Crippen molar-refractivity contribution < 1.29 is 14.2 Å². The van der Waals surface area contributed by atoms with Gasteiger partial charge in [0.25, 0.3) is 5.88 Å². The van der Waals surface area contributed by atoms with Gasteiger partial charge in [0.05, 0.1) is 13.2 Å². The fourth-order valence-electron chi connectivity index (χ4n) is 2.31. The summed E-state index contributed by atoms with van der Waals surface area (Å²) in [6.45, 7) is 0. The number of methoxy groups -OCH3 is 2. The van der Waals surface area contributed by atoms with E-state index in [0.717, 1.165) is 25.7 Å². The largest absolute Gasteiger partial charge is 0.489 e. The van der Waals surface area contributed by atoms with Crippen LogP contribution in [0, 0.1) is 0 Å². The fourth-order valence-corrected chi connectivity index (χ4v) is 2.31. The highest BCUT2D eigenvalue weighted by Gasteiger charge is 2.25. The van der Waals surface area contributed by atoms with Crippen LogP contribution in [0.3, 0.4) is 0 Å². The highest BCUT2D eigenvalue weighted by Crippen LogP contribution is 2.33. The van der Waals surface area contributed by atoms with E-state index in [1.54, 1.807) is 7.11 Å². The maximum Gasteiger partial charge on any atom is 0.262 e. The number of aromatic nitrogens is 2. The van der Waals surface area contributed by atoms with Crippen molar-refractivity contribution >= 4 is 5.82 Å². The Morgan fingerprint density at radius 3 is 2.74 bits per heavy atom. The van der Waals surface area contributed by atoms with Crippen LogP contribution < -0.4 is 20.7 Å². The molecule has 1 saturated carbocycles. The number of nitrogen functional groups attached to an aromatic ring is 1. The standard InChI is InChI=1S/C12H20N4O3/c1-17-8-4-3-5-9(6-8)19-12-10(18-2)11(16-13)14-7-15-12/h7-9H,3-6,13H2,1-2H3,(H,14,15,16). The molecule has 7 nitrogen and oxygen atoms in total. The number of ether oxygens (including phenoxy) is 3. The van der Waals surface area contributed by atoms with E-state index < -0.39 is 0 Å². The van der Waals surface area contributed by atoms with Gasteiger partial charge >= 0.3 is 0 Å². The number of nitrogens with two attached hydrogens (primary N) is 1. The summed E-state index contributed by atoms with van der Waals surface area (Å²) in [6, 6.07) is 0. The Balaban J connectivity index is 2.10. The molecule has 1 aliphatic carbocycles. The molecule has 0 bridgehead atoms. The Hall–Kier alpha value is -1.60. The lowest BCUT2D eigenvalue weighted by molar-refractivity contribution is 0.0186. The van der Waals surface area contributed by atoms with Gasteiger partial charge in [-0.3, -0.25) is 0 Å². The minimum absolute atomic E-state index is 0.0770. The van der Waals surface area contributed by atoms with Gasteiger partial charge < -0.3 is 19.6 Å². The zero-order valence-corrected chi connectivity index (χ0v) is 11.3. The molecule has 0 aliphatic heterocycles. The van der Waals surface area contributed by atoms with Gasteiger partial charge in [-0.1, -0.05) is 0 Å². The summed E-state index contributed by atoms with van der Waals surface area (Å²) in [7, 11) is 3.26. The Bertz CT molecular complexity index is 416. The van der Waals surface area contributed by atoms with Crippen LogP contribution in [0.15, 0.2) is 6.33 Å². The van der Waals surface area contributed by atoms with Gasteiger partial charge in [0.2, 0.25) is 5.75 Å². The maximum atomic E-state index is 5.90. The number of nitrogens with one attached hydrogen (secondary N) is 1. The van der Waals surface area contributed by atoms with Crippen LogP contribution in [0.2, 0.25) is 0 Å². The summed E-state index contributed by atoms with van der Waals surface area (Å²) < 4.78 is 16.5. The molecule has 19 heavy (non-hydrogen) atoms. The minimum Gasteiger partial charge on any atom is -0.489 e. The van der Waals surface area contributed by atoms with Crippen molar-refractivity contribution in [1.29, 1.82) is 0 Å². The second kappa shape index (κ2) is 6.53. The van der Waals surface area contributed by atoms with Crippen molar-refractivity contribution in [3.8, 4) is 11.6 Å². The molecule has 2 unspecified atom stereocenters. The zero-order valence-electron chi connectivity index (χ0n) is 11.3. The highest BCUT2D eigenvalue weighted by atomic mass is 16.5. The molecule has 0 saturated heterocycles. The van der Waals surface area contributed by atoms with Gasteiger partial charge in [-0.2, -0.15) is 4.98 Å². The van der Waals surface area contributed by atoms with Crippen LogP contribution in [0.25, 0.3) is 0 Å². The summed E-state index contributed by atoms with van der Waals surface area (Å²) >= 11 is 0. The molecule has 2 rings (SSSR count). The first-order valence-corrected chi connectivity index (χ1v) is 6.33. The number of nitrogens with zero attached hydrogens (tertiary/aromatic N) is 2. The Morgan fingerprint density at radius 2 is 2.05 bits per heavy atom. The van der Waals surface area contributed by atoms with Crippen molar-refractivity contribution in [1.82, 2.24) is 9.97 Å². The molecular weight excluding hydrogens is 248 g/mol. The average Bonchev–Trinajstić information content (AvgIpc) is 2.47. The van der Waals surface area contributed by atoms with Gasteiger partial charge in [0, 0.05) is 13.5 Å². The number of hydrogen-bond donors (Lipinski definition) is 2. The molecule has 1 aromatic rings. The van der Waals surface area contributed by atoms with Crippen molar-refractivity contribution in [2.75, 3.05) is 19.6 Å². The first kappa shape index (κ1) is 13.8. The summed E-state index contributed by atoms with van der Waals surface area (Å²) in [4.78, 5) is 8.08. The van der Waals surface area contributed by atoms with Gasteiger partial charge in [0.15, 0.2) is 5.82 Å². The molecule has 0 amide bonds. The van der Waals surface area contributed by atoms with Gasteiger partial charge in [-0.25, -0.2) is 10.8 Å². The molecule has 1 aliphatic rings. The van der Waals surface area contributed by atoms with Crippen molar-refractivity contribution in [2.45, 2.75) is 37.9 Å². The van der Waals surface area contributed by atoms with Crippen molar-refractivity contribution in [3.63, 3.8) is 0 Å². The summed E-state index contributed by atoms with van der Waals surface area (Å²) in [5, 5.41) is 0. The third-order valence-electron chi connectivity index (χ3n) is 3.30. The molecular formula is C12H20N4O3. The zero-order chi connectivity index (χ0) is 13.7. The minimum atomic E-state index is 0.0770. The average molecular weight is 268 g/mol. The number of hydrazine groups is 1. The molecule has 7 heteroatoms. The Morgan fingerprint density at radius 1 is 1.26 bits per heavy atom. The highest BCUT2D eigenvalue weighted by molar-refractivity contribution is 5.54. The Kier molecular flexibility index (Phi) is 4.75. The summed E-state index contributed by atoms with van der Waals surface area (Å²) in [5.74, 6) is 6.62. The van der Waals surface area contributed by atoms with E-state index in [1.165, 1.54) is 13.4 Å². The molecule has 1 fully saturated rings. The normalized spacial score (nSPS) is 22.9. The number of rotatable bonds is 5. The predicted octanol–water partition coefficient (Wildman–Crippen LogP) is 1.11. The van der Waals surface area contributed by atoms with Crippen LogP contribution in [-0.2, 0) is 4.74 Å². The van der Waals surface area contributed by atoms with E-state index >= 15 is 0 Å². The third-order valence-corrected chi connectivity index (χ3v) is 3.30. The lowest BCUT2D eigenvalue weighted by atomic mass is 9.95. The van der Waals surface area contributed by atoms with Gasteiger partial charge in [-0.05, 0) is 19.3 Å². The van der Waals surface area contributed by atoms with Crippen molar-refractivity contribution in [2.24, 2.45) is 5.84 Å². The van der Waals surface area contributed by atoms with E-state index in [9.17, 15) is 0 Å². The summed E-state index contributed by atoms with van der Waals surface area (Å²) in [6.07, 6.45) is 5.72. The second-order valence-corrected chi connectivity index (χ2v) is 4.47. The monoisotopic (exact) mass is 268 g/mol. The molecule has 0 spiro atoms. The van der Waals surface area contributed by atoms with Crippen LogP contribution in [0.5, 0.6) is 11.6 Å². The molecule has 106 valence electrons. The number of anilines is 1.